The Morgan fingerprint density at radius 1 is 1.33 bits per heavy atom. The number of hydrogen-bond acceptors (Lipinski definition) is 2. The topological polar surface area (TPSA) is 32.3 Å². The van der Waals surface area contributed by atoms with Crippen LogP contribution in [0.15, 0.2) is 0 Å². The number of carbonyl (C=O) groups is 1. The minimum Gasteiger partial charge on any atom is -0.336 e. The highest BCUT2D eigenvalue weighted by Gasteiger charge is 2.59. The van der Waals surface area contributed by atoms with Crippen LogP contribution in [0.5, 0.6) is 0 Å². The van der Waals surface area contributed by atoms with Crippen molar-refractivity contribution in [3.05, 3.63) is 0 Å². The lowest BCUT2D eigenvalue weighted by Crippen LogP contribution is -2.63. The summed E-state index contributed by atoms with van der Waals surface area (Å²) in [5.74, 6) is 1.95. The van der Waals surface area contributed by atoms with Crippen LogP contribution in [0, 0.1) is 11.8 Å². The van der Waals surface area contributed by atoms with Crippen molar-refractivity contribution >= 4 is 5.91 Å². The van der Waals surface area contributed by atoms with E-state index in [0.717, 1.165) is 31.8 Å². The molecule has 1 saturated carbocycles. The summed E-state index contributed by atoms with van der Waals surface area (Å²) in [6, 6.07) is 0. The molecule has 1 amide bonds. The first-order chi connectivity index (χ1) is 8.79. The van der Waals surface area contributed by atoms with Crippen LogP contribution < -0.4 is 5.32 Å². The van der Waals surface area contributed by atoms with Crippen LogP contribution in [0.3, 0.4) is 0 Å². The molecule has 0 aromatic heterocycles. The van der Waals surface area contributed by atoms with Crippen molar-refractivity contribution in [3.8, 4) is 0 Å². The normalized spacial score (nSPS) is 39.3. The molecule has 3 heteroatoms. The Hall–Kier alpha value is -0.570. The lowest BCUT2D eigenvalue weighted by atomic mass is 9.59. The fourth-order valence-electron chi connectivity index (χ4n) is 4.63. The van der Waals surface area contributed by atoms with E-state index >= 15 is 0 Å². The molecular formula is C15H26N2O. The maximum atomic E-state index is 12.4. The van der Waals surface area contributed by atoms with Crippen molar-refractivity contribution < 1.29 is 4.79 Å². The number of carbonyl (C=O) groups excluding carboxylic acids is 1. The van der Waals surface area contributed by atoms with Crippen LogP contribution in [-0.2, 0) is 4.79 Å². The first kappa shape index (κ1) is 12.5. The molecule has 2 aliphatic heterocycles. The Kier molecular flexibility index (Phi) is 3.35. The molecular weight excluding hydrogens is 224 g/mol. The Balaban J connectivity index is 1.79. The molecule has 3 fully saturated rings. The maximum Gasteiger partial charge on any atom is 0.223 e. The molecule has 3 nitrogen and oxygen atoms in total. The highest BCUT2D eigenvalue weighted by molar-refractivity contribution is 5.77. The van der Waals surface area contributed by atoms with Gasteiger partial charge in [-0.2, -0.15) is 0 Å². The van der Waals surface area contributed by atoms with Gasteiger partial charge >= 0.3 is 0 Å². The molecule has 2 saturated heterocycles. The summed E-state index contributed by atoms with van der Waals surface area (Å²) in [5.41, 5.74) is 0.264. The number of rotatable bonds is 3. The molecule has 2 heterocycles. The first-order valence-corrected chi connectivity index (χ1v) is 7.80. The van der Waals surface area contributed by atoms with Crippen LogP contribution in [0.2, 0.25) is 0 Å². The second-order valence-corrected chi connectivity index (χ2v) is 6.35. The highest BCUT2D eigenvalue weighted by atomic mass is 16.2. The van der Waals surface area contributed by atoms with E-state index in [-0.39, 0.29) is 5.54 Å². The van der Waals surface area contributed by atoms with Gasteiger partial charge in [0, 0.05) is 25.0 Å². The number of likely N-dealkylation sites (tertiary alicyclic amines) is 1. The van der Waals surface area contributed by atoms with E-state index in [4.69, 9.17) is 0 Å². The molecule has 1 aliphatic carbocycles. The van der Waals surface area contributed by atoms with E-state index in [1.54, 1.807) is 0 Å². The number of fused-ring (bicyclic) bond motifs is 1. The summed E-state index contributed by atoms with van der Waals surface area (Å²) in [5, 5.41) is 3.54. The van der Waals surface area contributed by atoms with Gasteiger partial charge in [0.25, 0.3) is 0 Å². The summed E-state index contributed by atoms with van der Waals surface area (Å²) in [4.78, 5) is 14.7. The van der Waals surface area contributed by atoms with Crippen LogP contribution in [0.25, 0.3) is 0 Å². The van der Waals surface area contributed by atoms with Gasteiger partial charge in [0.15, 0.2) is 0 Å². The Labute approximate surface area is 110 Å². The van der Waals surface area contributed by atoms with Crippen LogP contribution >= 0.6 is 0 Å². The van der Waals surface area contributed by atoms with E-state index in [1.807, 2.05) is 0 Å². The fraction of sp³-hybridized carbons (Fsp3) is 0.933. The molecule has 3 atom stereocenters. The van der Waals surface area contributed by atoms with Gasteiger partial charge in [0.2, 0.25) is 5.91 Å². The van der Waals surface area contributed by atoms with Crippen molar-refractivity contribution in [3.63, 3.8) is 0 Å². The monoisotopic (exact) mass is 250 g/mol. The van der Waals surface area contributed by atoms with Gasteiger partial charge in [-0.3, -0.25) is 4.79 Å². The molecule has 102 valence electrons. The maximum absolute atomic E-state index is 12.4. The third-order valence-corrected chi connectivity index (χ3v) is 5.57. The van der Waals surface area contributed by atoms with Crippen LogP contribution in [0.1, 0.15) is 51.9 Å². The van der Waals surface area contributed by atoms with E-state index in [9.17, 15) is 4.79 Å². The van der Waals surface area contributed by atoms with Gasteiger partial charge in [-0.1, -0.05) is 6.92 Å². The van der Waals surface area contributed by atoms with Gasteiger partial charge in [-0.15, -0.1) is 0 Å². The smallest absolute Gasteiger partial charge is 0.223 e. The first-order valence-electron chi connectivity index (χ1n) is 7.80. The van der Waals surface area contributed by atoms with Crippen molar-refractivity contribution in [2.45, 2.75) is 57.4 Å². The Morgan fingerprint density at radius 2 is 2.22 bits per heavy atom. The largest absolute Gasteiger partial charge is 0.336 e. The third-order valence-electron chi connectivity index (χ3n) is 5.57. The van der Waals surface area contributed by atoms with E-state index < -0.39 is 0 Å². The van der Waals surface area contributed by atoms with Crippen molar-refractivity contribution in [2.24, 2.45) is 11.8 Å². The van der Waals surface area contributed by atoms with E-state index in [2.05, 4.69) is 17.1 Å². The summed E-state index contributed by atoms with van der Waals surface area (Å²) in [6.07, 6.45) is 8.21. The summed E-state index contributed by atoms with van der Waals surface area (Å²) in [6.45, 7) is 5.44. The van der Waals surface area contributed by atoms with Crippen LogP contribution in [-0.4, -0.2) is 36.0 Å². The average molecular weight is 250 g/mol. The zero-order valence-electron chi connectivity index (χ0n) is 11.6. The van der Waals surface area contributed by atoms with Crippen molar-refractivity contribution in [1.82, 2.24) is 10.2 Å². The number of nitrogens with one attached hydrogen (secondary N) is 1. The molecule has 0 spiro atoms. The molecule has 3 rings (SSSR count). The average Bonchev–Trinajstić information content (AvgIpc) is 2.63. The standard InChI is InChI=1S/C15H26N2O/c1-2-4-14(18)17-10-7-12-6-8-15(12,17)13-5-3-9-16-11-13/h12-13,16H,2-11H2,1H3. The SMILES string of the molecule is CCCC(=O)N1CCC2CCC21C1CCCNC1. The molecule has 0 aromatic rings. The van der Waals surface area contributed by atoms with Crippen LogP contribution in [0.4, 0.5) is 0 Å². The number of piperidine rings is 1. The van der Waals surface area contributed by atoms with E-state index in [0.29, 0.717) is 11.8 Å². The molecule has 0 radical (unpaired) electrons. The summed E-state index contributed by atoms with van der Waals surface area (Å²) >= 11 is 0. The van der Waals surface area contributed by atoms with Crippen molar-refractivity contribution in [1.29, 1.82) is 0 Å². The fourth-order valence-corrected chi connectivity index (χ4v) is 4.63. The Morgan fingerprint density at radius 3 is 2.83 bits per heavy atom. The second kappa shape index (κ2) is 4.84. The van der Waals surface area contributed by atoms with Crippen molar-refractivity contribution in [2.75, 3.05) is 19.6 Å². The summed E-state index contributed by atoms with van der Waals surface area (Å²) < 4.78 is 0. The quantitative estimate of drug-likeness (QED) is 0.832. The van der Waals surface area contributed by atoms with Gasteiger partial charge in [-0.05, 0) is 56.9 Å². The second-order valence-electron chi connectivity index (χ2n) is 6.35. The molecule has 18 heavy (non-hydrogen) atoms. The van der Waals surface area contributed by atoms with E-state index in [1.165, 1.54) is 38.6 Å². The van der Waals surface area contributed by atoms with Gasteiger partial charge in [0.05, 0.1) is 0 Å². The molecule has 3 aliphatic rings. The summed E-state index contributed by atoms with van der Waals surface area (Å²) in [7, 11) is 0. The van der Waals surface area contributed by atoms with Gasteiger partial charge < -0.3 is 10.2 Å². The zero-order chi connectivity index (χ0) is 12.6. The Bertz CT molecular complexity index is 324. The lowest BCUT2D eigenvalue weighted by Gasteiger charge is -2.56. The third kappa shape index (κ3) is 1.70. The molecule has 0 aromatic carbocycles. The zero-order valence-corrected chi connectivity index (χ0v) is 11.6. The predicted octanol–water partition coefficient (Wildman–Crippen LogP) is 2.17. The number of nitrogens with zero attached hydrogens (tertiary/aromatic N) is 1. The number of hydrogen-bond donors (Lipinski definition) is 1. The van der Waals surface area contributed by atoms with Gasteiger partial charge in [-0.25, -0.2) is 0 Å². The minimum absolute atomic E-state index is 0.264. The predicted molar refractivity (Wildman–Crippen MR) is 72.3 cm³/mol. The number of amides is 1. The molecule has 3 unspecified atom stereocenters. The minimum atomic E-state index is 0.264. The van der Waals surface area contributed by atoms with Gasteiger partial charge in [0.1, 0.15) is 0 Å². The highest BCUT2D eigenvalue weighted by Crippen LogP contribution is 2.55. The molecule has 0 bridgehead atoms. The molecule has 1 N–H and O–H groups in total. The lowest BCUT2D eigenvalue weighted by molar-refractivity contribution is -0.144.